The van der Waals surface area contributed by atoms with E-state index in [4.69, 9.17) is 19.6 Å². The van der Waals surface area contributed by atoms with Crippen LogP contribution in [0.4, 0.5) is 0 Å². The van der Waals surface area contributed by atoms with Crippen molar-refractivity contribution in [3.05, 3.63) is 308 Å². The van der Waals surface area contributed by atoms with Crippen LogP contribution in [-0.4, -0.2) is 19.6 Å². The normalized spacial score (nSPS) is 14.9. The molecule has 0 spiro atoms. The van der Waals surface area contributed by atoms with Gasteiger partial charge in [-0.05, 0) is 190 Å². The molecule has 4 N–H and O–H groups in total. The van der Waals surface area contributed by atoms with Gasteiger partial charge in [0.2, 0.25) is 0 Å². The van der Waals surface area contributed by atoms with Crippen molar-refractivity contribution in [3.63, 3.8) is 0 Å². The largest absolute Gasteiger partial charge is 0.478 e. The molecule has 0 aliphatic heterocycles. The summed E-state index contributed by atoms with van der Waals surface area (Å²) < 4.78 is 22.2. The molecular weight excluding hydrogens is 1130 g/mol. The molecule has 0 radical (unpaired) electrons. The molecule has 0 fully saturated rings. The highest BCUT2D eigenvalue weighted by Crippen LogP contribution is 2.53. The molecule has 0 bridgehead atoms. The Labute approximate surface area is 543 Å². The number of hydrogen-bond donors (Lipinski definition) is 4. The lowest BCUT2D eigenvalue weighted by atomic mass is 10.1. The molecule has 7 nitrogen and oxygen atoms in total. The maximum atomic E-state index is 9.63. The first-order valence-electron chi connectivity index (χ1n) is 30.8. The van der Waals surface area contributed by atoms with Crippen LogP contribution in [-0.2, 0) is 13.4 Å². The fraction of sp³-hybridized carbons (Fsp3) is 0.350. The molecule has 0 saturated heterocycles. The predicted molar refractivity (Wildman–Crippen MR) is 396 cm³/mol. The van der Waals surface area contributed by atoms with Crippen LogP contribution in [0.3, 0.4) is 0 Å². The SMILES string of the molecule is CC(C)=CCC/C(C)=C/C=C/C(C)=C/C=C/C(C)=C/C=C/C=C(C)/C=C/C=C(C)/C=C/C=C(\C)CCC=C(C)C.CC(C)=CCC/C(C)=C/C=C/C(C)=C/C=C/C(C)=C/C=C/C=C(C)/C=C/C=C(C)/C=C/C=C(\C)CCC=C(C)C.O=P(O)(O)OP(=O)(O)O. The number of rotatable bonds is 34. The zero-order chi connectivity index (χ0) is 68.1. The van der Waals surface area contributed by atoms with Gasteiger partial charge in [0.05, 0.1) is 0 Å². The number of allylic oxidation sites excluding steroid dienone is 52. The molecule has 0 aromatic rings. The van der Waals surface area contributed by atoms with Crippen LogP contribution in [0.1, 0.15) is 190 Å². The molecule has 0 atom stereocenters. The minimum absolute atomic E-state index is 1.12. The van der Waals surface area contributed by atoms with Crippen molar-refractivity contribution in [2.45, 2.75) is 190 Å². The van der Waals surface area contributed by atoms with Crippen molar-refractivity contribution in [2.75, 3.05) is 0 Å². The maximum absolute atomic E-state index is 9.63. The first-order valence-corrected chi connectivity index (χ1v) is 33.9. The van der Waals surface area contributed by atoms with E-state index in [9.17, 15) is 9.13 Å². The van der Waals surface area contributed by atoms with Crippen LogP contribution in [0.25, 0.3) is 0 Å². The molecule has 0 heterocycles. The van der Waals surface area contributed by atoms with Crippen molar-refractivity contribution < 1.29 is 33.0 Å². The molecule has 0 unspecified atom stereocenters. The Bertz CT molecular complexity index is 2670. The molecule has 488 valence electrons. The standard InChI is InChI=1S/2C40H56.H4O7P2/c2*1-33(2)19-13-23-37(7)27-17-31-39(9)29-15-25-35(5)21-11-12-22-36(6)26-16-30-40(10)32-18-28-38(8)24-14-20-34(3)4;1-8(2,3)7-9(4,5)6/h2*11-12,15-22,25-32H,13-14,23-24H2,1-10H3;(H2,1,2,3)(H2,4,5,6)/b2*12-11+,25-15+,26-16+,31-17+,32-18+,35-21+,36-22+,37-27+,38-28+,39-29+,40-30+;. The average molecular weight is 1250 g/mol. The second-order valence-corrected chi connectivity index (χ2v) is 25.9. The van der Waals surface area contributed by atoms with Crippen molar-refractivity contribution in [1.29, 1.82) is 0 Å². The van der Waals surface area contributed by atoms with E-state index < -0.39 is 15.6 Å². The van der Waals surface area contributed by atoms with E-state index in [0.717, 1.165) is 51.4 Å². The van der Waals surface area contributed by atoms with Crippen LogP contribution in [0.5, 0.6) is 0 Å². The van der Waals surface area contributed by atoms with E-state index in [0.29, 0.717) is 0 Å². The van der Waals surface area contributed by atoms with Crippen molar-refractivity contribution in [2.24, 2.45) is 0 Å². The van der Waals surface area contributed by atoms with Gasteiger partial charge in [0, 0.05) is 0 Å². The van der Waals surface area contributed by atoms with Gasteiger partial charge in [0.1, 0.15) is 0 Å². The third-order valence-corrected chi connectivity index (χ3v) is 13.8. The predicted octanol–water partition coefficient (Wildman–Crippen LogP) is 25.1. The Morgan fingerprint density at radius 3 is 0.528 bits per heavy atom. The van der Waals surface area contributed by atoms with Gasteiger partial charge in [-0.15, -0.1) is 0 Å². The van der Waals surface area contributed by atoms with E-state index in [-0.39, 0.29) is 0 Å². The van der Waals surface area contributed by atoms with E-state index in [1.165, 1.54) is 89.2 Å². The zero-order valence-corrected chi connectivity index (χ0v) is 60.1. The lowest BCUT2D eigenvalue weighted by Gasteiger charge is -2.03. The highest BCUT2D eigenvalue weighted by atomic mass is 31.3. The van der Waals surface area contributed by atoms with E-state index in [1.807, 2.05) is 0 Å². The Kier molecular flexibility index (Phi) is 53.0. The topological polar surface area (TPSA) is 124 Å². The minimum atomic E-state index is -5.05. The molecule has 0 aromatic heterocycles. The van der Waals surface area contributed by atoms with Gasteiger partial charge in [0.15, 0.2) is 0 Å². The Balaban J connectivity index is -0.00000145. The quantitative estimate of drug-likeness (QED) is 0.0287. The summed E-state index contributed by atoms with van der Waals surface area (Å²) in [6.07, 6.45) is 86.7. The molecule has 0 rings (SSSR count). The second-order valence-electron chi connectivity index (χ2n) is 23.3. The van der Waals surface area contributed by atoms with Gasteiger partial charge in [-0.1, -0.05) is 308 Å². The van der Waals surface area contributed by atoms with Gasteiger partial charge in [-0.3, -0.25) is 0 Å². The summed E-state index contributed by atoms with van der Waals surface area (Å²) in [5.41, 5.74) is 21.0. The van der Waals surface area contributed by atoms with E-state index >= 15 is 0 Å². The highest BCUT2D eigenvalue weighted by molar-refractivity contribution is 7.60. The van der Waals surface area contributed by atoms with Gasteiger partial charge in [-0.25, -0.2) is 9.13 Å². The fourth-order valence-electron chi connectivity index (χ4n) is 6.96. The third-order valence-electron chi connectivity index (χ3n) is 12.1. The summed E-state index contributed by atoms with van der Waals surface area (Å²) >= 11 is 0. The molecule has 0 saturated carbocycles. The third kappa shape index (κ3) is 70.5. The molecule has 0 aromatic carbocycles. The molecule has 89 heavy (non-hydrogen) atoms. The highest BCUT2D eigenvalue weighted by Gasteiger charge is 2.28. The summed E-state index contributed by atoms with van der Waals surface area (Å²) in [4.78, 5) is 31.0. The summed E-state index contributed by atoms with van der Waals surface area (Å²) in [5, 5.41) is 0. The number of phosphoric acid groups is 2. The fourth-order valence-corrected chi connectivity index (χ4v) is 8.07. The summed E-state index contributed by atoms with van der Waals surface area (Å²) in [6.45, 7) is 43.0. The van der Waals surface area contributed by atoms with Gasteiger partial charge < -0.3 is 19.6 Å². The van der Waals surface area contributed by atoms with Crippen LogP contribution < -0.4 is 0 Å². The Morgan fingerprint density at radius 1 is 0.247 bits per heavy atom. The second kappa shape index (κ2) is 54.4. The summed E-state index contributed by atoms with van der Waals surface area (Å²) in [5.74, 6) is 0. The molecule has 0 amide bonds. The first kappa shape index (κ1) is 86.7. The average Bonchev–Trinajstić information content (AvgIpc) is 3.60. The smallest absolute Gasteiger partial charge is 0.302 e. The number of hydrogen-bond acceptors (Lipinski definition) is 3. The van der Waals surface area contributed by atoms with Crippen LogP contribution in [0, 0.1) is 0 Å². The maximum Gasteiger partial charge on any atom is 0.478 e. The van der Waals surface area contributed by atoms with Gasteiger partial charge >= 0.3 is 15.6 Å². The Hall–Kier alpha value is -6.50. The van der Waals surface area contributed by atoms with Crippen LogP contribution in [0.2, 0.25) is 0 Å². The molecule has 0 aliphatic carbocycles. The summed E-state index contributed by atoms with van der Waals surface area (Å²) in [7, 11) is -10.1. The van der Waals surface area contributed by atoms with Gasteiger partial charge in [0.25, 0.3) is 0 Å². The molecule has 0 aliphatic rings. The van der Waals surface area contributed by atoms with Crippen LogP contribution in [0.15, 0.2) is 308 Å². The molecular formula is C80H116O7P2. The van der Waals surface area contributed by atoms with E-state index in [1.54, 1.807) is 0 Å². The van der Waals surface area contributed by atoms with Gasteiger partial charge in [-0.2, -0.15) is 4.31 Å². The summed E-state index contributed by atoms with van der Waals surface area (Å²) in [6, 6.07) is 0. The Morgan fingerprint density at radius 2 is 0.393 bits per heavy atom. The van der Waals surface area contributed by atoms with Crippen molar-refractivity contribution in [3.8, 4) is 0 Å². The lowest BCUT2D eigenvalue weighted by molar-refractivity contribution is 0.225. The van der Waals surface area contributed by atoms with E-state index in [2.05, 4.69) is 362 Å². The molecule has 9 heteroatoms. The minimum Gasteiger partial charge on any atom is -0.302 e. The first-order chi connectivity index (χ1) is 41.7. The monoisotopic (exact) mass is 1250 g/mol. The van der Waals surface area contributed by atoms with Crippen molar-refractivity contribution in [1.82, 2.24) is 0 Å². The van der Waals surface area contributed by atoms with Crippen LogP contribution >= 0.6 is 15.6 Å². The zero-order valence-electron chi connectivity index (χ0n) is 58.3. The lowest BCUT2D eigenvalue weighted by Crippen LogP contribution is -1.84. The van der Waals surface area contributed by atoms with Crippen molar-refractivity contribution >= 4 is 15.6 Å².